The molecule has 1 aliphatic heterocycles. The van der Waals surface area contributed by atoms with Gasteiger partial charge >= 0.3 is 0 Å². The lowest BCUT2D eigenvalue weighted by molar-refractivity contribution is -0.118. The third kappa shape index (κ3) is 4.11. The summed E-state index contributed by atoms with van der Waals surface area (Å²) < 4.78 is 3.59. The molecule has 1 amide bonds. The Morgan fingerprint density at radius 3 is 2.61 bits per heavy atom. The average molecular weight is 517 g/mol. The van der Waals surface area contributed by atoms with Crippen LogP contribution in [0, 0.1) is 0 Å². The zero-order valence-corrected chi connectivity index (χ0v) is 21.3. The number of thioether (sulfide) groups is 1. The Morgan fingerprint density at radius 2 is 1.83 bits per heavy atom. The predicted octanol–water partition coefficient (Wildman–Crippen LogP) is 3.49. The van der Waals surface area contributed by atoms with E-state index in [1.54, 1.807) is 15.9 Å². The molecule has 0 radical (unpaired) electrons. The van der Waals surface area contributed by atoms with Gasteiger partial charge in [-0.25, -0.2) is 8.97 Å². The van der Waals surface area contributed by atoms with E-state index in [4.69, 9.17) is 0 Å². The third-order valence-electron chi connectivity index (χ3n) is 6.34. The van der Waals surface area contributed by atoms with Crippen LogP contribution < -0.4 is 10.9 Å². The van der Waals surface area contributed by atoms with Crippen molar-refractivity contribution in [1.82, 2.24) is 29.4 Å². The van der Waals surface area contributed by atoms with Crippen LogP contribution in [-0.4, -0.2) is 49.3 Å². The molecule has 0 fully saturated rings. The van der Waals surface area contributed by atoms with Gasteiger partial charge in [-0.1, -0.05) is 60.3 Å². The molecule has 2 aromatic carbocycles. The van der Waals surface area contributed by atoms with E-state index in [2.05, 4.69) is 27.5 Å². The minimum absolute atomic E-state index is 0.0738. The molecule has 6 rings (SSSR count). The lowest BCUT2D eigenvalue weighted by Gasteiger charge is -2.21. The van der Waals surface area contributed by atoms with E-state index in [9.17, 15) is 9.59 Å². The summed E-state index contributed by atoms with van der Waals surface area (Å²) in [6.45, 7) is 2.20. The van der Waals surface area contributed by atoms with Gasteiger partial charge in [0.2, 0.25) is 11.7 Å². The van der Waals surface area contributed by atoms with E-state index in [0.29, 0.717) is 17.5 Å². The van der Waals surface area contributed by atoms with Crippen LogP contribution in [0.25, 0.3) is 21.7 Å². The molecule has 182 valence electrons. The number of carbonyl (C=O) groups is 1. The maximum Gasteiger partial charge on any atom is 0.268 e. The summed E-state index contributed by atoms with van der Waals surface area (Å²) in [5.74, 6) is 0.575. The summed E-state index contributed by atoms with van der Waals surface area (Å²) in [6.07, 6.45) is 0.827. The molecule has 0 aliphatic carbocycles. The second kappa shape index (κ2) is 9.53. The smallest absolute Gasteiger partial charge is 0.268 e. The third-order valence-corrected chi connectivity index (χ3v) is 8.48. The van der Waals surface area contributed by atoms with Crippen LogP contribution in [0.4, 0.5) is 0 Å². The Balaban J connectivity index is 1.41. The highest BCUT2D eigenvalue weighted by Gasteiger charge is 2.26. The molecule has 0 saturated heterocycles. The molecule has 0 unspecified atom stereocenters. The monoisotopic (exact) mass is 516 g/mol. The van der Waals surface area contributed by atoms with E-state index in [1.165, 1.54) is 16.6 Å². The lowest BCUT2D eigenvalue weighted by Crippen LogP contribution is -2.27. The van der Waals surface area contributed by atoms with Crippen molar-refractivity contribution in [1.29, 1.82) is 0 Å². The maximum absolute atomic E-state index is 13.9. The maximum atomic E-state index is 13.9. The number of para-hydroxylation sites is 1. The zero-order chi connectivity index (χ0) is 24.6. The molecule has 8 nitrogen and oxygen atoms in total. The topological polar surface area (TPSA) is 84.5 Å². The average Bonchev–Trinajstić information content (AvgIpc) is 3.49. The predicted molar refractivity (Wildman–Crippen MR) is 143 cm³/mol. The van der Waals surface area contributed by atoms with Crippen LogP contribution in [0.5, 0.6) is 0 Å². The zero-order valence-electron chi connectivity index (χ0n) is 19.7. The van der Waals surface area contributed by atoms with Crippen molar-refractivity contribution in [2.24, 2.45) is 0 Å². The van der Waals surface area contributed by atoms with Gasteiger partial charge in [0.25, 0.3) is 5.56 Å². The highest BCUT2D eigenvalue weighted by molar-refractivity contribution is 7.99. The van der Waals surface area contributed by atoms with Gasteiger partial charge < -0.3 is 10.2 Å². The quantitative estimate of drug-likeness (QED) is 0.348. The summed E-state index contributed by atoms with van der Waals surface area (Å²) in [6, 6.07) is 19.4. The van der Waals surface area contributed by atoms with Crippen LogP contribution in [0.3, 0.4) is 0 Å². The Labute approximate surface area is 215 Å². The summed E-state index contributed by atoms with van der Waals surface area (Å²) >= 11 is 2.95. The number of amides is 1. The van der Waals surface area contributed by atoms with Gasteiger partial charge in [-0.2, -0.15) is 0 Å². The SMILES string of the molecule is CN1CCc2c(sc3c2c(=O)n(-c2ccccc2)c2nnc(SCC(=O)NCc4ccccc4)n32)C1. The van der Waals surface area contributed by atoms with Crippen molar-refractivity contribution >= 4 is 45.0 Å². The number of carbonyl (C=O) groups excluding carboxylic acids is 1. The largest absolute Gasteiger partial charge is 0.351 e. The first-order valence-corrected chi connectivity index (χ1v) is 13.5. The van der Waals surface area contributed by atoms with Crippen LogP contribution in [0.2, 0.25) is 0 Å². The van der Waals surface area contributed by atoms with Gasteiger partial charge in [-0.05, 0) is 36.7 Å². The van der Waals surface area contributed by atoms with Crippen molar-refractivity contribution in [2.45, 2.75) is 24.7 Å². The molecule has 0 spiro atoms. The van der Waals surface area contributed by atoms with E-state index in [1.807, 2.05) is 65.1 Å². The Hall–Kier alpha value is -3.47. The lowest BCUT2D eigenvalue weighted by atomic mass is 10.1. The highest BCUT2D eigenvalue weighted by atomic mass is 32.2. The van der Waals surface area contributed by atoms with Crippen molar-refractivity contribution in [3.05, 3.63) is 87.0 Å². The number of rotatable bonds is 6. The van der Waals surface area contributed by atoms with Gasteiger partial charge in [-0.15, -0.1) is 21.5 Å². The fraction of sp³-hybridized carbons (Fsp3) is 0.231. The number of thiophene rings is 1. The van der Waals surface area contributed by atoms with Crippen LogP contribution >= 0.6 is 23.1 Å². The van der Waals surface area contributed by atoms with Gasteiger partial charge in [-0.3, -0.25) is 9.59 Å². The van der Waals surface area contributed by atoms with Gasteiger partial charge in [0, 0.05) is 24.5 Å². The molecule has 0 saturated carbocycles. The highest BCUT2D eigenvalue weighted by Crippen LogP contribution is 2.35. The van der Waals surface area contributed by atoms with E-state index in [-0.39, 0.29) is 17.2 Å². The molecule has 10 heteroatoms. The van der Waals surface area contributed by atoms with Gasteiger partial charge in [0.1, 0.15) is 4.83 Å². The summed E-state index contributed by atoms with van der Waals surface area (Å²) in [5, 5.41) is 13.1. The number of benzene rings is 2. The van der Waals surface area contributed by atoms with Crippen molar-refractivity contribution in [3.8, 4) is 5.69 Å². The summed E-state index contributed by atoms with van der Waals surface area (Å²) in [4.78, 5) is 30.8. The molecule has 0 bridgehead atoms. The molecular formula is C26H24N6O2S2. The van der Waals surface area contributed by atoms with Crippen molar-refractivity contribution in [3.63, 3.8) is 0 Å². The first-order valence-electron chi connectivity index (χ1n) is 11.7. The molecule has 3 aromatic heterocycles. The number of nitrogens with zero attached hydrogens (tertiary/aromatic N) is 5. The molecule has 5 aromatic rings. The van der Waals surface area contributed by atoms with Crippen LogP contribution in [-0.2, 0) is 24.3 Å². The van der Waals surface area contributed by atoms with E-state index < -0.39 is 0 Å². The van der Waals surface area contributed by atoms with Gasteiger partial charge in [0.15, 0.2) is 5.16 Å². The minimum Gasteiger partial charge on any atom is -0.351 e. The first kappa shape index (κ1) is 23.0. The van der Waals surface area contributed by atoms with Crippen molar-refractivity contribution < 1.29 is 4.79 Å². The fourth-order valence-corrected chi connectivity index (χ4v) is 6.80. The Morgan fingerprint density at radius 1 is 1.08 bits per heavy atom. The van der Waals surface area contributed by atoms with Crippen LogP contribution in [0.15, 0.2) is 70.6 Å². The molecule has 36 heavy (non-hydrogen) atoms. The number of hydrogen-bond donors (Lipinski definition) is 1. The molecule has 1 N–H and O–H groups in total. The second-order valence-electron chi connectivity index (χ2n) is 8.82. The fourth-order valence-electron chi connectivity index (χ4n) is 4.56. The molecular weight excluding hydrogens is 492 g/mol. The van der Waals surface area contributed by atoms with Gasteiger partial charge in [0.05, 0.1) is 16.8 Å². The van der Waals surface area contributed by atoms with E-state index >= 15 is 0 Å². The number of fused-ring (bicyclic) bond motifs is 5. The first-order chi connectivity index (χ1) is 17.6. The van der Waals surface area contributed by atoms with E-state index in [0.717, 1.165) is 46.5 Å². The number of hydrogen-bond acceptors (Lipinski definition) is 7. The number of likely N-dealkylation sites (N-methyl/N-ethyl adjacent to an activating group) is 1. The van der Waals surface area contributed by atoms with Crippen LogP contribution in [0.1, 0.15) is 16.0 Å². The Kier molecular flexibility index (Phi) is 6.08. The number of aromatic nitrogens is 4. The van der Waals surface area contributed by atoms with Crippen molar-refractivity contribution in [2.75, 3.05) is 19.3 Å². The second-order valence-corrected chi connectivity index (χ2v) is 10.8. The summed E-state index contributed by atoms with van der Waals surface area (Å²) in [7, 11) is 2.10. The summed E-state index contributed by atoms with van der Waals surface area (Å²) in [5.41, 5.74) is 2.84. The minimum atomic E-state index is -0.0830. The normalized spacial score (nSPS) is 13.8. The molecule has 4 heterocycles. The Bertz CT molecular complexity index is 1630. The standard InChI is InChI=1S/C26H24N6O2S2/c1-30-13-12-19-20(15-30)36-24-22(19)23(34)31(18-10-6-3-7-11-18)25-28-29-26(32(24)25)35-16-21(33)27-14-17-8-4-2-5-9-17/h2-11H,12-16H2,1H3,(H,27,33). The molecule has 1 aliphatic rings. The molecule has 0 atom stereocenters. The number of nitrogens with one attached hydrogen (secondary N) is 1.